The molecule has 0 saturated heterocycles. The van der Waals surface area contributed by atoms with Crippen LogP contribution in [0.25, 0.3) is 5.57 Å². The zero-order valence-corrected chi connectivity index (χ0v) is 17.3. The fraction of sp³-hybridized carbons (Fsp3) is 0.167. The van der Waals surface area contributed by atoms with Gasteiger partial charge in [0.15, 0.2) is 0 Å². The van der Waals surface area contributed by atoms with Crippen LogP contribution in [0.1, 0.15) is 17.4 Å². The average molecular weight is 417 g/mol. The number of thiophene rings is 1. The molecule has 2 aliphatic rings. The van der Waals surface area contributed by atoms with Crippen LogP contribution in [0.5, 0.6) is 5.75 Å². The van der Waals surface area contributed by atoms with Gasteiger partial charge < -0.3 is 9.64 Å². The lowest BCUT2D eigenvalue weighted by atomic mass is 10.1. The van der Waals surface area contributed by atoms with Gasteiger partial charge in [0.25, 0.3) is 11.8 Å². The van der Waals surface area contributed by atoms with Crippen LogP contribution in [0.2, 0.25) is 0 Å². The molecule has 30 heavy (non-hydrogen) atoms. The fourth-order valence-electron chi connectivity index (χ4n) is 4.12. The van der Waals surface area contributed by atoms with Gasteiger partial charge in [-0.2, -0.15) is 0 Å². The number of hydrogen-bond acceptors (Lipinski definition) is 5. The summed E-state index contributed by atoms with van der Waals surface area (Å²) in [5.74, 6) is -0.100. The number of nitrogens with zero attached hydrogens (tertiary/aromatic N) is 2. The number of para-hydroxylation sites is 3. The summed E-state index contributed by atoms with van der Waals surface area (Å²) in [6.07, 6.45) is 0.842. The highest BCUT2D eigenvalue weighted by Crippen LogP contribution is 2.42. The highest BCUT2D eigenvalue weighted by molar-refractivity contribution is 7.11. The number of imide groups is 1. The van der Waals surface area contributed by atoms with E-state index in [0.717, 1.165) is 17.0 Å². The first-order chi connectivity index (χ1) is 14.7. The smallest absolute Gasteiger partial charge is 0.282 e. The molecule has 3 heterocycles. The van der Waals surface area contributed by atoms with E-state index in [2.05, 4.69) is 6.07 Å². The van der Waals surface area contributed by atoms with E-state index < -0.39 is 0 Å². The molecular formula is C24H20N2O3S. The van der Waals surface area contributed by atoms with Gasteiger partial charge in [-0.25, -0.2) is 4.90 Å². The second-order valence-electron chi connectivity index (χ2n) is 7.08. The first kappa shape index (κ1) is 18.6. The first-order valence-electron chi connectivity index (χ1n) is 9.95. The molecule has 2 amide bonds. The third-order valence-electron chi connectivity index (χ3n) is 5.39. The van der Waals surface area contributed by atoms with E-state index in [4.69, 9.17) is 4.74 Å². The number of carbonyl (C=O) groups excluding carboxylic acids is 2. The van der Waals surface area contributed by atoms with E-state index in [1.165, 1.54) is 21.8 Å². The maximum absolute atomic E-state index is 13.7. The number of amides is 2. The molecule has 0 saturated carbocycles. The van der Waals surface area contributed by atoms with Gasteiger partial charge in [-0.05, 0) is 48.6 Å². The summed E-state index contributed by atoms with van der Waals surface area (Å²) in [5, 5.41) is 1.92. The number of rotatable bonds is 5. The molecule has 6 heteroatoms. The van der Waals surface area contributed by atoms with Crippen LogP contribution in [-0.4, -0.2) is 25.0 Å². The Labute approximate surface area is 178 Å². The van der Waals surface area contributed by atoms with Crippen molar-refractivity contribution in [2.75, 3.05) is 23.0 Å². The Bertz CT molecular complexity index is 1170. The van der Waals surface area contributed by atoms with Gasteiger partial charge in [-0.15, -0.1) is 11.3 Å². The van der Waals surface area contributed by atoms with Gasteiger partial charge in [-0.1, -0.05) is 36.4 Å². The van der Waals surface area contributed by atoms with Crippen LogP contribution < -0.4 is 14.5 Å². The van der Waals surface area contributed by atoms with E-state index in [-0.39, 0.29) is 11.8 Å². The standard InChI is InChI=1S/C24H20N2O3S/c1-2-29-19-11-6-5-10-18(19)26-23(27)21(20-12-7-15-30-20)22(24(26)28)25-14-13-16-8-3-4-9-17(16)25/h3-12,15H,2,13-14H2,1H3. The minimum atomic E-state index is -0.313. The summed E-state index contributed by atoms with van der Waals surface area (Å²) in [4.78, 5) is 31.4. The number of benzene rings is 2. The number of carbonyl (C=O) groups is 2. The molecule has 3 aromatic rings. The summed E-state index contributed by atoms with van der Waals surface area (Å²) < 4.78 is 5.71. The van der Waals surface area contributed by atoms with Crippen LogP contribution >= 0.6 is 11.3 Å². The Kier molecular flexibility index (Phi) is 4.64. The van der Waals surface area contributed by atoms with Crippen molar-refractivity contribution in [1.82, 2.24) is 0 Å². The maximum Gasteiger partial charge on any atom is 0.282 e. The molecule has 0 unspecified atom stereocenters. The van der Waals surface area contributed by atoms with Gasteiger partial charge in [0.2, 0.25) is 0 Å². The lowest BCUT2D eigenvalue weighted by Crippen LogP contribution is -2.35. The van der Waals surface area contributed by atoms with Crippen LogP contribution in [0.15, 0.2) is 71.7 Å². The molecule has 5 nitrogen and oxygen atoms in total. The van der Waals surface area contributed by atoms with Crippen LogP contribution in [-0.2, 0) is 16.0 Å². The number of ether oxygens (including phenoxy) is 1. The Morgan fingerprint density at radius 2 is 1.70 bits per heavy atom. The van der Waals surface area contributed by atoms with Gasteiger partial charge >= 0.3 is 0 Å². The maximum atomic E-state index is 13.7. The van der Waals surface area contributed by atoms with E-state index in [1.807, 2.05) is 59.7 Å². The molecule has 0 atom stereocenters. The second-order valence-corrected chi connectivity index (χ2v) is 8.03. The van der Waals surface area contributed by atoms with E-state index in [9.17, 15) is 9.59 Å². The lowest BCUT2D eigenvalue weighted by Gasteiger charge is -2.22. The van der Waals surface area contributed by atoms with Crippen molar-refractivity contribution >= 4 is 40.1 Å². The van der Waals surface area contributed by atoms with Crippen LogP contribution in [0.3, 0.4) is 0 Å². The Balaban J connectivity index is 1.66. The van der Waals surface area contributed by atoms with Crippen molar-refractivity contribution in [1.29, 1.82) is 0 Å². The highest BCUT2D eigenvalue weighted by Gasteiger charge is 2.45. The molecule has 0 aliphatic carbocycles. The third-order valence-corrected chi connectivity index (χ3v) is 6.28. The summed E-state index contributed by atoms with van der Waals surface area (Å²) >= 11 is 1.47. The molecule has 2 aliphatic heterocycles. The van der Waals surface area contributed by atoms with Crippen molar-refractivity contribution in [3.8, 4) is 5.75 Å². The largest absolute Gasteiger partial charge is 0.492 e. The van der Waals surface area contributed by atoms with E-state index in [0.29, 0.717) is 35.9 Å². The minimum Gasteiger partial charge on any atom is -0.492 e. The fourth-order valence-corrected chi connectivity index (χ4v) is 4.88. The monoisotopic (exact) mass is 416 g/mol. The summed E-state index contributed by atoms with van der Waals surface area (Å²) in [7, 11) is 0. The quantitative estimate of drug-likeness (QED) is 0.575. The molecule has 0 spiro atoms. The SMILES string of the molecule is CCOc1ccccc1N1C(=O)C(c2cccs2)=C(N2CCc3ccccc32)C1=O. The zero-order valence-electron chi connectivity index (χ0n) is 16.5. The molecule has 0 radical (unpaired) electrons. The lowest BCUT2D eigenvalue weighted by molar-refractivity contribution is -0.120. The Hall–Kier alpha value is -3.38. The van der Waals surface area contributed by atoms with Crippen molar-refractivity contribution < 1.29 is 14.3 Å². The molecule has 2 aromatic carbocycles. The highest BCUT2D eigenvalue weighted by atomic mass is 32.1. The summed E-state index contributed by atoms with van der Waals surface area (Å²) in [6.45, 7) is 3.00. The Morgan fingerprint density at radius 3 is 2.47 bits per heavy atom. The van der Waals surface area contributed by atoms with Crippen LogP contribution in [0.4, 0.5) is 11.4 Å². The predicted octanol–water partition coefficient (Wildman–Crippen LogP) is 4.49. The zero-order chi connectivity index (χ0) is 20.7. The molecule has 5 rings (SSSR count). The van der Waals surface area contributed by atoms with Crippen molar-refractivity contribution in [3.05, 3.63) is 82.2 Å². The molecule has 150 valence electrons. The summed E-state index contributed by atoms with van der Waals surface area (Å²) in [5.41, 5.74) is 3.55. The van der Waals surface area contributed by atoms with E-state index >= 15 is 0 Å². The normalized spacial score (nSPS) is 15.9. The Morgan fingerprint density at radius 1 is 0.933 bits per heavy atom. The minimum absolute atomic E-state index is 0.311. The number of fused-ring (bicyclic) bond motifs is 1. The van der Waals surface area contributed by atoms with Gasteiger partial charge in [0.1, 0.15) is 11.4 Å². The van der Waals surface area contributed by atoms with Crippen molar-refractivity contribution in [2.45, 2.75) is 13.3 Å². The van der Waals surface area contributed by atoms with Gasteiger partial charge in [0, 0.05) is 17.1 Å². The van der Waals surface area contributed by atoms with Gasteiger partial charge in [0.05, 0.1) is 17.9 Å². The van der Waals surface area contributed by atoms with Crippen LogP contribution in [0, 0.1) is 0 Å². The number of anilines is 2. The summed E-state index contributed by atoms with van der Waals surface area (Å²) in [6, 6.07) is 19.0. The molecule has 0 N–H and O–H groups in total. The van der Waals surface area contributed by atoms with Crippen molar-refractivity contribution in [3.63, 3.8) is 0 Å². The van der Waals surface area contributed by atoms with Gasteiger partial charge in [-0.3, -0.25) is 9.59 Å². The molecule has 1 aromatic heterocycles. The predicted molar refractivity (Wildman–Crippen MR) is 119 cm³/mol. The topological polar surface area (TPSA) is 49.9 Å². The molecular weight excluding hydrogens is 396 g/mol. The second kappa shape index (κ2) is 7.46. The third kappa shape index (κ3) is 2.83. The molecule has 0 bridgehead atoms. The van der Waals surface area contributed by atoms with Crippen molar-refractivity contribution in [2.24, 2.45) is 0 Å². The van der Waals surface area contributed by atoms with E-state index in [1.54, 1.807) is 12.1 Å². The first-order valence-corrected chi connectivity index (χ1v) is 10.8. The number of hydrogen-bond donors (Lipinski definition) is 0. The average Bonchev–Trinajstić information content (AvgIpc) is 3.47. The molecule has 0 fully saturated rings.